The van der Waals surface area contributed by atoms with Crippen molar-refractivity contribution >= 4 is 29.1 Å². The van der Waals surface area contributed by atoms with Crippen LogP contribution in [0.5, 0.6) is 5.75 Å². The van der Waals surface area contributed by atoms with Gasteiger partial charge in [-0.3, -0.25) is 14.4 Å². The summed E-state index contributed by atoms with van der Waals surface area (Å²) in [5.74, 6) is 6.28. The van der Waals surface area contributed by atoms with Crippen LogP contribution in [-0.4, -0.2) is 45.5 Å². The van der Waals surface area contributed by atoms with E-state index in [1.54, 1.807) is 24.4 Å². The van der Waals surface area contributed by atoms with Gasteiger partial charge in [0, 0.05) is 25.2 Å². The van der Waals surface area contributed by atoms with Crippen molar-refractivity contribution in [2.75, 3.05) is 18.5 Å². The van der Waals surface area contributed by atoms with E-state index in [0.717, 1.165) is 53.5 Å². The highest BCUT2D eigenvalue weighted by Crippen LogP contribution is 3.05. The third-order valence-corrected chi connectivity index (χ3v) is 10.2. The SMILES string of the molecule is O=C1COc2ccc(CNC(=O)c3cc(C(=O)NCC45C6C7C8C6C4C8C75)n4nccc4n3)cc2N1. The van der Waals surface area contributed by atoms with Gasteiger partial charge in [0.05, 0.1) is 11.9 Å². The second kappa shape index (κ2) is 6.05. The molecule has 36 heavy (non-hydrogen) atoms. The van der Waals surface area contributed by atoms with E-state index < -0.39 is 5.91 Å². The van der Waals surface area contributed by atoms with Crippen LogP contribution in [0.25, 0.3) is 5.65 Å². The highest BCUT2D eigenvalue weighted by Gasteiger charge is 3.03. The zero-order valence-corrected chi connectivity index (χ0v) is 19.1. The molecule has 6 fully saturated rings. The van der Waals surface area contributed by atoms with Gasteiger partial charge in [0.1, 0.15) is 17.1 Å². The third-order valence-electron chi connectivity index (χ3n) is 10.2. The minimum absolute atomic E-state index is 0.00746. The number of ether oxygens (including phenoxy) is 1. The van der Waals surface area contributed by atoms with Gasteiger partial charge in [-0.25, -0.2) is 9.50 Å². The molecule has 2 aromatic heterocycles. The van der Waals surface area contributed by atoms with E-state index in [-0.39, 0.29) is 30.7 Å². The Kier molecular flexibility index (Phi) is 3.24. The highest BCUT2D eigenvalue weighted by atomic mass is 16.5. The Labute approximate surface area is 204 Å². The first-order valence-corrected chi connectivity index (χ1v) is 12.5. The van der Waals surface area contributed by atoms with Crippen LogP contribution < -0.4 is 20.7 Å². The van der Waals surface area contributed by atoms with E-state index in [1.165, 1.54) is 10.6 Å². The van der Waals surface area contributed by atoms with Crippen molar-refractivity contribution in [2.45, 2.75) is 6.54 Å². The van der Waals surface area contributed by atoms with E-state index in [9.17, 15) is 14.4 Å². The quantitative estimate of drug-likeness (QED) is 0.483. The van der Waals surface area contributed by atoms with Crippen molar-refractivity contribution in [3.05, 3.63) is 53.5 Å². The highest BCUT2D eigenvalue weighted by molar-refractivity contribution is 5.98. The number of rotatable bonds is 6. The summed E-state index contributed by atoms with van der Waals surface area (Å²) in [6.07, 6.45) is 1.57. The molecule has 180 valence electrons. The topological polar surface area (TPSA) is 127 Å². The maximum Gasteiger partial charge on any atom is 0.270 e. The minimum Gasteiger partial charge on any atom is -0.482 e. The van der Waals surface area contributed by atoms with E-state index in [0.29, 0.717) is 28.2 Å². The van der Waals surface area contributed by atoms with Crippen LogP contribution in [0.2, 0.25) is 0 Å². The number of amides is 3. The van der Waals surface area contributed by atoms with Crippen molar-refractivity contribution in [2.24, 2.45) is 46.8 Å². The van der Waals surface area contributed by atoms with E-state index in [1.807, 2.05) is 6.07 Å². The van der Waals surface area contributed by atoms with E-state index in [4.69, 9.17) is 4.74 Å². The van der Waals surface area contributed by atoms with Gasteiger partial charge in [-0.05, 0) is 64.5 Å². The normalized spacial score (nSPS) is 36.4. The van der Waals surface area contributed by atoms with Crippen molar-refractivity contribution in [1.82, 2.24) is 25.2 Å². The number of benzene rings is 1. The molecule has 6 aliphatic carbocycles. The summed E-state index contributed by atoms with van der Waals surface area (Å²) in [7, 11) is 0. The largest absolute Gasteiger partial charge is 0.482 e. The number of nitrogens with zero attached hydrogens (tertiary/aromatic N) is 3. The van der Waals surface area contributed by atoms with Gasteiger partial charge in [-0.15, -0.1) is 0 Å². The molecule has 10 rings (SSSR count). The lowest BCUT2D eigenvalue weighted by atomic mass is 8.96. The van der Waals surface area contributed by atoms with E-state index in [2.05, 4.69) is 26.0 Å². The molecule has 0 saturated heterocycles. The molecule has 3 N–H and O–H groups in total. The van der Waals surface area contributed by atoms with Crippen LogP contribution in [0.15, 0.2) is 36.5 Å². The Hall–Kier alpha value is -3.95. The fraction of sp³-hybridized carbons (Fsp3) is 0.423. The average molecular weight is 483 g/mol. The number of carbonyl (C=O) groups excluding carboxylic acids is 3. The van der Waals surface area contributed by atoms with Gasteiger partial charge in [0.2, 0.25) is 0 Å². The van der Waals surface area contributed by atoms with Crippen LogP contribution in [-0.2, 0) is 11.3 Å². The summed E-state index contributed by atoms with van der Waals surface area (Å²) >= 11 is 0. The van der Waals surface area contributed by atoms with Crippen molar-refractivity contribution in [3.8, 4) is 5.75 Å². The molecular formula is C26H22N6O4. The molecule has 3 amide bonds. The first-order valence-electron chi connectivity index (χ1n) is 12.5. The average Bonchev–Trinajstić information content (AvgIpc) is 3.38. The number of hydrogen-bond acceptors (Lipinski definition) is 6. The number of aromatic nitrogens is 3. The summed E-state index contributed by atoms with van der Waals surface area (Å²) in [5.41, 5.74) is 2.65. The molecule has 0 spiro atoms. The van der Waals surface area contributed by atoms with Gasteiger partial charge in [-0.1, -0.05) is 6.07 Å². The minimum atomic E-state index is -0.396. The van der Waals surface area contributed by atoms with Crippen LogP contribution in [0.3, 0.4) is 0 Å². The zero-order valence-electron chi connectivity index (χ0n) is 19.1. The summed E-state index contributed by atoms with van der Waals surface area (Å²) in [6.45, 7) is 0.951. The Bertz CT molecular complexity index is 1510. The maximum absolute atomic E-state index is 13.2. The molecule has 10 nitrogen and oxygen atoms in total. The lowest BCUT2D eigenvalue weighted by Gasteiger charge is -3.08. The van der Waals surface area contributed by atoms with Gasteiger partial charge in [0.25, 0.3) is 17.7 Å². The van der Waals surface area contributed by atoms with Crippen molar-refractivity contribution in [3.63, 3.8) is 0 Å². The number of anilines is 1. The maximum atomic E-state index is 13.2. The second-order valence-corrected chi connectivity index (χ2v) is 11.2. The molecule has 3 heterocycles. The summed E-state index contributed by atoms with van der Waals surface area (Å²) in [4.78, 5) is 42.2. The number of nitrogens with one attached hydrogen (secondary N) is 3. The predicted molar refractivity (Wildman–Crippen MR) is 124 cm³/mol. The van der Waals surface area contributed by atoms with Gasteiger partial charge in [-0.2, -0.15) is 5.10 Å². The monoisotopic (exact) mass is 482 g/mol. The second-order valence-electron chi connectivity index (χ2n) is 11.2. The molecule has 7 aliphatic rings. The van der Waals surface area contributed by atoms with E-state index >= 15 is 0 Å². The predicted octanol–water partition coefficient (Wildman–Crippen LogP) is 1.09. The number of fused-ring (bicyclic) bond motifs is 2. The molecule has 6 saturated carbocycles. The van der Waals surface area contributed by atoms with Gasteiger partial charge in [0.15, 0.2) is 12.3 Å². The fourth-order valence-corrected chi connectivity index (χ4v) is 9.05. The molecular weight excluding hydrogens is 460 g/mol. The Balaban J connectivity index is 0.923. The molecule has 0 atom stereocenters. The fourth-order valence-electron chi connectivity index (χ4n) is 9.05. The van der Waals surface area contributed by atoms with Crippen molar-refractivity contribution in [1.29, 1.82) is 0 Å². The molecule has 3 aromatic rings. The van der Waals surface area contributed by atoms with Crippen LogP contribution in [0.4, 0.5) is 5.69 Å². The third kappa shape index (κ3) is 1.98. The number of hydrogen-bond donors (Lipinski definition) is 3. The zero-order chi connectivity index (χ0) is 23.9. The van der Waals surface area contributed by atoms with Crippen LogP contribution in [0.1, 0.15) is 26.5 Å². The summed E-state index contributed by atoms with van der Waals surface area (Å²) < 4.78 is 6.86. The number of carbonyl (C=O) groups is 3. The molecule has 1 aromatic carbocycles. The summed E-state index contributed by atoms with van der Waals surface area (Å²) in [6, 6.07) is 8.54. The Morgan fingerprint density at radius 1 is 1.06 bits per heavy atom. The standard InChI is InChI=1S/C26H22N6O4/c33-16-8-36-14-2-1-10(5-11(14)31-16)7-27-24(34)12-6-13(32-15(30-12)3-4-29-32)25(35)28-9-26-21-18-17-19(21)23(26)20(17)22(18)26/h1-6,17-23H,7-9H2,(H,27,34)(H,28,35)(H,31,33). The van der Waals surface area contributed by atoms with Gasteiger partial charge >= 0.3 is 0 Å². The first kappa shape index (κ1) is 19.3. The molecule has 0 unspecified atom stereocenters. The van der Waals surface area contributed by atoms with Crippen molar-refractivity contribution < 1.29 is 19.1 Å². The van der Waals surface area contributed by atoms with Crippen LogP contribution in [0, 0.1) is 46.8 Å². The Morgan fingerprint density at radius 2 is 1.86 bits per heavy atom. The Morgan fingerprint density at radius 3 is 2.67 bits per heavy atom. The molecule has 1 aliphatic heterocycles. The smallest absolute Gasteiger partial charge is 0.270 e. The molecule has 0 bridgehead atoms. The lowest BCUT2D eigenvalue weighted by molar-refractivity contribution is -0.612. The molecule has 0 radical (unpaired) electrons. The summed E-state index contributed by atoms with van der Waals surface area (Å²) in [5, 5.41) is 13.0. The lowest BCUT2D eigenvalue weighted by Crippen LogP contribution is -3.06. The first-order chi connectivity index (χ1) is 17.6. The van der Waals surface area contributed by atoms with Crippen LogP contribution >= 0.6 is 0 Å². The molecule has 10 heteroatoms. The van der Waals surface area contributed by atoms with Gasteiger partial charge < -0.3 is 20.7 Å².